The first-order chi connectivity index (χ1) is 7.24. The molecule has 15 heavy (non-hydrogen) atoms. The molecule has 4 radical (unpaired) electrons. The highest BCUT2D eigenvalue weighted by atomic mass is 14.9. The minimum atomic E-state index is 0.762. The topological polar surface area (TPSA) is 12.0 Å². The van der Waals surface area contributed by atoms with Crippen LogP contribution in [0.3, 0.4) is 0 Å². The number of benzene rings is 2. The summed E-state index contributed by atoms with van der Waals surface area (Å²) in [7, 11) is 11.2. The Bertz CT molecular complexity index is 391. The van der Waals surface area contributed by atoms with Gasteiger partial charge < -0.3 is 5.32 Å². The predicted molar refractivity (Wildman–Crippen MR) is 66.9 cm³/mol. The van der Waals surface area contributed by atoms with E-state index in [0.717, 1.165) is 22.3 Å². The predicted octanol–water partition coefficient (Wildman–Crippen LogP) is 1.02. The molecule has 2 aromatic carbocycles. The van der Waals surface area contributed by atoms with Gasteiger partial charge in [-0.1, -0.05) is 35.2 Å². The van der Waals surface area contributed by atoms with Crippen LogP contribution in [0, 0.1) is 0 Å². The Morgan fingerprint density at radius 2 is 0.933 bits per heavy atom. The Balaban J connectivity index is 2.15. The number of rotatable bonds is 2. The molecular weight excluding hydrogens is 180 g/mol. The Morgan fingerprint density at radius 1 is 0.600 bits per heavy atom. The van der Waals surface area contributed by atoms with Gasteiger partial charge >= 0.3 is 0 Å². The van der Waals surface area contributed by atoms with E-state index in [2.05, 4.69) is 5.32 Å². The van der Waals surface area contributed by atoms with Crippen molar-refractivity contribution in [2.75, 3.05) is 5.32 Å². The molecule has 0 aromatic heterocycles. The molecule has 0 bridgehead atoms. The summed E-state index contributed by atoms with van der Waals surface area (Å²) in [5, 5.41) is 3.25. The molecule has 0 spiro atoms. The lowest BCUT2D eigenvalue weighted by Crippen LogP contribution is -2.02. The van der Waals surface area contributed by atoms with Crippen molar-refractivity contribution >= 4 is 38.0 Å². The van der Waals surface area contributed by atoms with Gasteiger partial charge in [0.15, 0.2) is 0 Å². The molecule has 0 atom stereocenters. The largest absolute Gasteiger partial charge is 0.356 e. The lowest BCUT2D eigenvalue weighted by molar-refractivity contribution is 1.57. The zero-order valence-electron chi connectivity index (χ0n) is 8.27. The van der Waals surface area contributed by atoms with Gasteiger partial charge in [0, 0.05) is 11.4 Å². The molecule has 68 valence electrons. The molecule has 2 rings (SSSR count). The van der Waals surface area contributed by atoms with E-state index < -0.39 is 0 Å². The van der Waals surface area contributed by atoms with Crippen molar-refractivity contribution in [1.82, 2.24) is 0 Å². The van der Waals surface area contributed by atoms with Crippen LogP contribution in [0.25, 0.3) is 0 Å². The second kappa shape index (κ2) is 4.26. The van der Waals surface area contributed by atoms with Crippen molar-refractivity contribution in [3.63, 3.8) is 0 Å². The van der Waals surface area contributed by atoms with Gasteiger partial charge in [0.05, 0.1) is 0 Å². The van der Waals surface area contributed by atoms with Gasteiger partial charge in [0.25, 0.3) is 0 Å². The molecule has 0 saturated heterocycles. The van der Waals surface area contributed by atoms with Crippen LogP contribution < -0.4 is 16.2 Å². The number of anilines is 2. The molecule has 0 heterocycles. The minimum absolute atomic E-state index is 0.762. The Morgan fingerprint density at radius 3 is 1.27 bits per heavy atom. The lowest BCUT2D eigenvalue weighted by Gasteiger charge is -2.06. The molecule has 0 fully saturated rings. The summed E-state index contributed by atoms with van der Waals surface area (Å²) in [6.07, 6.45) is 0. The highest BCUT2D eigenvalue weighted by Gasteiger charge is 1.93. The Labute approximate surface area is 92.3 Å². The van der Waals surface area contributed by atoms with Crippen LogP contribution in [0.2, 0.25) is 0 Å². The van der Waals surface area contributed by atoms with E-state index in [-0.39, 0.29) is 0 Å². The van der Waals surface area contributed by atoms with Crippen molar-refractivity contribution in [3.05, 3.63) is 48.5 Å². The molecule has 0 aliphatic carbocycles. The van der Waals surface area contributed by atoms with Crippen molar-refractivity contribution in [3.8, 4) is 0 Å². The summed E-state index contributed by atoms with van der Waals surface area (Å²) >= 11 is 0. The second-order valence-electron chi connectivity index (χ2n) is 3.37. The summed E-state index contributed by atoms with van der Waals surface area (Å²) in [6.45, 7) is 0. The van der Waals surface area contributed by atoms with E-state index in [1.807, 2.05) is 48.5 Å². The fourth-order valence-corrected chi connectivity index (χ4v) is 1.30. The van der Waals surface area contributed by atoms with E-state index in [1.54, 1.807) is 0 Å². The fraction of sp³-hybridized carbons (Fsp3) is 0. The first-order valence-electron chi connectivity index (χ1n) is 4.72. The van der Waals surface area contributed by atoms with Crippen molar-refractivity contribution in [2.45, 2.75) is 0 Å². The minimum Gasteiger partial charge on any atom is -0.356 e. The molecule has 0 amide bonds. The highest BCUT2D eigenvalue weighted by molar-refractivity contribution is 6.32. The van der Waals surface area contributed by atoms with Gasteiger partial charge in [0.2, 0.25) is 0 Å². The summed E-state index contributed by atoms with van der Waals surface area (Å²) < 4.78 is 0. The lowest BCUT2D eigenvalue weighted by atomic mass is 9.96. The van der Waals surface area contributed by atoms with Gasteiger partial charge in [-0.15, -0.1) is 0 Å². The molecule has 2 aromatic rings. The maximum absolute atomic E-state index is 5.60. The Kier molecular flexibility index (Phi) is 2.82. The first-order valence-corrected chi connectivity index (χ1v) is 4.72. The third-order valence-corrected chi connectivity index (χ3v) is 2.11. The average molecular weight is 189 g/mol. The third-order valence-electron chi connectivity index (χ3n) is 2.11. The van der Waals surface area contributed by atoms with Crippen LogP contribution in [-0.4, -0.2) is 15.7 Å². The van der Waals surface area contributed by atoms with Crippen LogP contribution in [0.15, 0.2) is 48.5 Å². The summed E-state index contributed by atoms with van der Waals surface area (Å²) in [6, 6.07) is 15.2. The van der Waals surface area contributed by atoms with E-state index in [1.165, 1.54) is 0 Å². The molecule has 1 nitrogen and oxygen atoms in total. The molecule has 0 unspecified atom stereocenters. The van der Waals surface area contributed by atoms with E-state index in [9.17, 15) is 0 Å². The van der Waals surface area contributed by atoms with E-state index in [0.29, 0.717) is 0 Å². The van der Waals surface area contributed by atoms with Gasteiger partial charge in [-0.3, -0.25) is 0 Å². The molecule has 0 aliphatic heterocycles. The zero-order chi connectivity index (χ0) is 10.7. The van der Waals surface area contributed by atoms with Gasteiger partial charge in [-0.2, -0.15) is 0 Å². The van der Waals surface area contributed by atoms with Crippen molar-refractivity contribution in [1.29, 1.82) is 0 Å². The van der Waals surface area contributed by atoms with Crippen LogP contribution in [0.1, 0.15) is 0 Å². The molecule has 0 aliphatic rings. The van der Waals surface area contributed by atoms with Crippen LogP contribution in [0.4, 0.5) is 11.4 Å². The summed E-state index contributed by atoms with van der Waals surface area (Å²) in [5.41, 5.74) is 3.54. The summed E-state index contributed by atoms with van der Waals surface area (Å²) in [4.78, 5) is 0. The van der Waals surface area contributed by atoms with E-state index >= 15 is 0 Å². The second-order valence-corrected chi connectivity index (χ2v) is 3.37. The van der Waals surface area contributed by atoms with Crippen LogP contribution in [-0.2, 0) is 0 Å². The third kappa shape index (κ3) is 2.66. The van der Waals surface area contributed by atoms with Gasteiger partial charge in [0.1, 0.15) is 15.7 Å². The molecule has 3 heteroatoms. The van der Waals surface area contributed by atoms with Crippen LogP contribution in [0.5, 0.6) is 0 Å². The average Bonchev–Trinajstić information content (AvgIpc) is 2.25. The van der Waals surface area contributed by atoms with Crippen molar-refractivity contribution in [2.24, 2.45) is 0 Å². The molecular formula is C12H9B2N. The monoisotopic (exact) mass is 189 g/mol. The van der Waals surface area contributed by atoms with Crippen LogP contribution >= 0.6 is 0 Å². The Hall–Kier alpha value is -1.63. The molecule has 0 saturated carbocycles. The maximum atomic E-state index is 5.60. The van der Waals surface area contributed by atoms with Gasteiger partial charge in [-0.05, 0) is 24.3 Å². The normalized spacial score (nSPS) is 9.87. The fourth-order valence-electron chi connectivity index (χ4n) is 1.30. The molecule has 1 N–H and O–H groups in total. The standard InChI is InChI=1S/C12H9B2N/c13-9-1-5-11(6-2-9)15-12-7-3-10(14)4-8-12/h1-8,15H. The zero-order valence-corrected chi connectivity index (χ0v) is 8.27. The summed E-state index contributed by atoms with van der Waals surface area (Å²) in [5.74, 6) is 0. The van der Waals surface area contributed by atoms with E-state index in [4.69, 9.17) is 15.7 Å². The van der Waals surface area contributed by atoms with Gasteiger partial charge in [-0.25, -0.2) is 0 Å². The maximum Gasteiger partial charge on any atom is 0.113 e. The number of nitrogens with one attached hydrogen (secondary N) is 1. The first kappa shape index (κ1) is 9.91. The highest BCUT2D eigenvalue weighted by Crippen LogP contribution is 2.13. The quantitative estimate of drug-likeness (QED) is 0.695. The van der Waals surface area contributed by atoms with Crippen molar-refractivity contribution < 1.29 is 0 Å². The SMILES string of the molecule is [B]c1ccc(Nc2ccc([B])cc2)cc1. The number of hydrogen-bond donors (Lipinski definition) is 1. The number of hydrogen-bond acceptors (Lipinski definition) is 1. The smallest absolute Gasteiger partial charge is 0.113 e.